The van der Waals surface area contributed by atoms with Gasteiger partial charge in [-0.15, -0.1) is 11.3 Å². The first-order chi connectivity index (χ1) is 13.5. The van der Waals surface area contributed by atoms with Gasteiger partial charge in [0.25, 0.3) is 5.91 Å². The van der Waals surface area contributed by atoms with Crippen LogP contribution >= 0.6 is 11.3 Å². The van der Waals surface area contributed by atoms with E-state index in [9.17, 15) is 4.79 Å². The highest BCUT2D eigenvalue weighted by molar-refractivity contribution is 7.12. The van der Waals surface area contributed by atoms with Crippen molar-refractivity contribution in [1.82, 2.24) is 14.8 Å². The summed E-state index contributed by atoms with van der Waals surface area (Å²) in [6, 6.07) is 9.43. The van der Waals surface area contributed by atoms with Gasteiger partial charge in [-0.3, -0.25) is 9.48 Å². The normalized spacial score (nSPS) is 11.0. The van der Waals surface area contributed by atoms with Crippen LogP contribution in [0.5, 0.6) is 0 Å². The fourth-order valence-corrected chi connectivity index (χ4v) is 3.71. The Hall–Kier alpha value is -3.19. The molecule has 0 spiro atoms. The molecular formula is C21H20N4O2S. The molecule has 7 heteroatoms. The van der Waals surface area contributed by atoms with Gasteiger partial charge in [0.2, 0.25) is 5.89 Å². The SMILES string of the molecule is Cc1cnn(Cc2nc(-c3ccc(NC(=O)c4sccc4C)cc3)oc2C)c1. The lowest BCUT2D eigenvalue weighted by Crippen LogP contribution is -2.11. The van der Waals surface area contributed by atoms with E-state index in [2.05, 4.69) is 15.4 Å². The second-order valence-electron chi connectivity index (χ2n) is 6.70. The van der Waals surface area contributed by atoms with E-state index >= 15 is 0 Å². The maximum absolute atomic E-state index is 12.3. The first-order valence-corrected chi connectivity index (χ1v) is 9.79. The van der Waals surface area contributed by atoms with Crippen LogP contribution in [0.4, 0.5) is 5.69 Å². The third-order valence-corrected chi connectivity index (χ3v) is 5.44. The summed E-state index contributed by atoms with van der Waals surface area (Å²) in [5.74, 6) is 1.24. The zero-order valence-electron chi connectivity index (χ0n) is 15.9. The van der Waals surface area contributed by atoms with Crippen molar-refractivity contribution in [2.24, 2.45) is 0 Å². The van der Waals surface area contributed by atoms with Crippen molar-refractivity contribution in [1.29, 1.82) is 0 Å². The number of thiophene rings is 1. The molecule has 0 aliphatic heterocycles. The molecule has 4 rings (SSSR count). The molecule has 0 fully saturated rings. The number of carbonyl (C=O) groups is 1. The number of nitrogens with one attached hydrogen (secondary N) is 1. The molecule has 0 saturated carbocycles. The third kappa shape index (κ3) is 3.75. The topological polar surface area (TPSA) is 73.0 Å². The molecule has 0 atom stereocenters. The average molecular weight is 392 g/mol. The molecule has 0 aliphatic rings. The number of hydrogen-bond donors (Lipinski definition) is 1. The molecule has 1 N–H and O–H groups in total. The molecule has 142 valence electrons. The molecule has 0 radical (unpaired) electrons. The van der Waals surface area contributed by atoms with E-state index in [0.717, 1.165) is 38.7 Å². The molecule has 3 aromatic heterocycles. The van der Waals surface area contributed by atoms with Crippen molar-refractivity contribution in [3.63, 3.8) is 0 Å². The number of anilines is 1. The molecule has 0 unspecified atom stereocenters. The maximum Gasteiger partial charge on any atom is 0.265 e. The lowest BCUT2D eigenvalue weighted by Gasteiger charge is -2.05. The van der Waals surface area contributed by atoms with Gasteiger partial charge in [0.15, 0.2) is 0 Å². The summed E-state index contributed by atoms with van der Waals surface area (Å²) in [6.45, 7) is 6.41. The number of benzene rings is 1. The minimum Gasteiger partial charge on any atom is -0.441 e. The Kier molecular flexibility index (Phi) is 4.83. The molecular weight excluding hydrogens is 372 g/mol. The average Bonchev–Trinajstić information content (AvgIpc) is 3.37. The van der Waals surface area contributed by atoms with Crippen molar-refractivity contribution >= 4 is 22.9 Å². The summed E-state index contributed by atoms with van der Waals surface area (Å²) in [5, 5.41) is 9.14. The van der Waals surface area contributed by atoms with Crippen LogP contribution in [-0.2, 0) is 6.54 Å². The molecule has 1 aromatic carbocycles. The number of hydrogen-bond acceptors (Lipinski definition) is 5. The second-order valence-corrected chi connectivity index (χ2v) is 7.62. The van der Waals surface area contributed by atoms with Crippen LogP contribution in [-0.4, -0.2) is 20.7 Å². The number of nitrogens with zero attached hydrogens (tertiary/aromatic N) is 3. The zero-order chi connectivity index (χ0) is 19.7. The molecule has 0 aliphatic carbocycles. The van der Waals surface area contributed by atoms with Crippen LogP contribution in [0.25, 0.3) is 11.5 Å². The Balaban J connectivity index is 1.49. The second kappa shape index (κ2) is 7.44. The highest BCUT2D eigenvalue weighted by Crippen LogP contribution is 2.24. The fraction of sp³-hybridized carbons (Fsp3) is 0.190. The molecule has 0 bridgehead atoms. The summed E-state index contributed by atoms with van der Waals surface area (Å²) < 4.78 is 7.68. The minimum absolute atomic E-state index is 0.0935. The van der Waals surface area contributed by atoms with Crippen molar-refractivity contribution in [2.45, 2.75) is 27.3 Å². The van der Waals surface area contributed by atoms with Crippen LogP contribution in [0.15, 0.2) is 52.5 Å². The van der Waals surface area contributed by atoms with Gasteiger partial charge in [-0.05, 0) is 67.6 Å². The van der Waals surface area contributed by atoms with Crippen LogP contribution in [0.2, 0.25) is 0 Å². The Morgan fingerprint density at radius 3 is 2.61 bits per heavy atom. The van der Waals surface area contributed by atoms with Gasteiger partial charge in [0.1, 0.15) is 11.5 Å². The third-order valence-electron chi connectivity index (χ3n) is 4.42. The van der Waals surface area contributed by atoms with E-state index < -0.39 is 0 Å². The van der Waals surface area contributed by atoms with Crippen LogP contribution < -0.4 is 5.32 Å². The van der Waals surface area contributed by atoms with Crippen LogP contribution in [0, 0.1) is 20.8 Å². The van der Waals surface area contributed by atoms with E-state index in [4.69, 9.17) is 4.42 Å². The van der Waals surface area contributed by atoms with Gasteiger partial charge >= 0.3 is 0 Å². The van der Waals surface area contributed by atoms with Crippen molar-refractivity contribution in [3.05, 3.63) is 75.6 Å². The largest absolute Gasteiger partial charge is 0.441 e. The van der Waals surface area contributed by atoms with Crippen LogP contribution in [0.1, 0.15) is 32.3 Å². The Labute approximate surface area is 166 Å². The summed E-state index contributed by atoms with van der Waals surface area (Å²) in [6.07, 6.45) is 3.79. The van der Waals surface area contributed by atoms with Crippen LogP contribution in [0.3, 0.4) is 0 Å². The highest BCUT2D eigenvalue weighted by Gasteiger charge is 2.14. The summed E-state index contributed by atoms with van der Waals surface area (Å²) in [7, 11) is 0. The number of amides is 1. The van der Waals surface area contributed by atoms with Gasteiger partial charge in [-0.1, -0.05) is 0 Å². The first kappa shape index (κ1) is 18.2. The molecule has 6 nitrogen and oxygen atoms in total. The molecule has 28 heavy (non-hydrogen) atoms. The summed E-state index contributed by atoms with van der Waals surface area (Å²) >= 11 is 1.44. The summed E-state index contributed by atoms with van der Waals surface area (Å²) in [5.41, 5.74) is 4.53. The van der Waals surface area contributed by atoms with Gasteiger partial charge < -0.3 is 9.73 Å². The molecule has 1 amide bonds. The number of aromatic nitrogens is 3. The van der Waals surface area contributed by atoms with Crippen molar-refractivity contribution < 1.29 is 9.21 Å². The number of carbonyl (C=O) groups excluding carboxylic acids is 1. The predicted molar refractivity (Wildman–Crippen MR) is 110 cm³/mol. The van der Waals surface area contributed by atoms with Gasteiger partial charge in [-0.2, -0.15) is 5.10 Å². The quantitative estimate of drug-likeness (QED) is 0.528. The standard InChI is InChI=1S/C21H20N4O2S/c1-13-10-22-25(11-13)12-18-15(3)27-21(24-18)16-4-6-17(7-5-16)23-20(26)19-14(2)8-9-28-19/h4-11H,12H2,1-3H3,(H,23,26). The number of rotatable bonds is 5. The Morgan fingerprint density at radius 1 is 1.18 bits per heavy atom. The smallest absolute Gasteiger partial charge is 0.265 e. The first-order valence-electron chi connectivity index (χ1n) is 8.91. The van der Waals surface area contributed by atoms with E-state index in [1.165, 1.54) is 11.3 Å². The number of aryl methyl sites for hydroxylation is 3. The Bertz CT molecular complexity index is 1120. The van der Waals surface area contributed by atoms with E-state index in [1.807, 2.05) is 73.6 Å². The molecule has 4 aromatic rings. The van der Waals surface area contributed by atoms with Gasteiger partial charge in [-0.25, -0.2) is 4.98 Å². The predicted octanol–water partition coefficient (Wildman–Crippen LogP) is 4.83. The van der Waals surface area contributed by atoms with Crippen molar-refractivity contribution in [3.8, 4) is 11.5 Å². The lowest BCUT2D eigenvalue weighted by atomic mass is 10.2. The molecule has 0 saturated heterocycles. The monoisotopic (exact) mass is 392 g/mol. The van der Waals surface area contributed by atoms with E-state index in [0.29, 0.717) is 12.4 Å². The summed E-state index contributed by atoms with van der Waals surface area (Å²) in [4.78, 5) is 17.7. The lowest BCUT2D eigenvalue weighted by molar-refractivity contribution is 0.103. The van der Waals surface area contributed by atoms with Crippen molar-refractivity contribution in [2.75, 3.05) is 5.32 Å². The Morgan fingerprint density at radius 2 is 1.96 bits per heavy atom. The van der Waals surface area contributed by atoms with E-state index in [-0.39, 0.29) is 5.91 Å². The van der Waals surface area contributed by atoms with Gasteiger partial charge in [0, 0.05) is 17.4 Å². The zero-order valence-corrected chi connectivity index (χ0v) is 16.7. The highest BCUT2D eigenvalue weighted by atomic mass is 32.1. The van der Waals surface area contributed by atoms with Gasteiger partial charge in [0.05, 0.1) is 17.6 Å². The molecule has 3 heterocycles. The fourth-order valence-electron chi connectivity index (χ4n) is 2.89. The van der Waals surface area contributed by atoms with E-state index in [1.54, 1.807) is 0 Å². The maximum atomic E-state index is 12.3. The number of oxazole rings is 1. The minimum atomic E-state index is -0.0935.